The first kappa shape index (κ1) is 17.3. The Morgan fingerprint density at radius 1 is 1.26 bits per heavy atom. The maximum absolute atomic E-state index is 12.5. The standard InChI is InChI=1S/C19H26N2O2/c1-4-21-14(2)12-18(15(21)3)19(23)20-13-17(10-11-22)16-8-6-5-7-9-16/h5-9,12,17,22H,4,10-11,13H2,1-3H3,(H,20,23). The Kier molecular flexibility index (Phi) is 5.99. The fourth-order valence-electron chi connectivity index (χ4n) is 3.10. The van der Waals surface area contributed by atoms with E-state index in [-0.39, 0.29) is 18.4 Å². The maximum atomic E-state index is 12.5. The Hall–Kier alpha value is -2.07. The van der Waals surface area contributed by atoms with Crippen molar-refractivity contribution in [3.8, 4) is 0 Å². The lowest BCUT2D eigenvalue weighted by Crippen LogP contribution is -2.29. The smallest absolute Gasteiger partial charge is 0.253 e. The van der Waals surface area contributed by atoms with Crippen LogP contribution in [0.5, 0.6) is 0 Å². The molecule has 0 aliphatic heterocycles. The van der Waals surface area contributed by atoms with Crippen molar-refractivity contribution in [2.75, 3.05) is 13.2 Å². The molecule has 0 saturated heterocycles. The number of aryl methyl sites for hydroxylation is 1. The Balaban J connectivity index is 2.07. The van der Waals surface area contributed by atoms with Crippen LogP contribution in [0.25, 0.3) is 0 Å². The number of aromatic nitrogens is 1. The van der Waals surface area contributed by atoms with E-state index in [2.05, 4.69) is 16.8 Å². The number of nitrogens with zero attached hydrogens (tertiary/aromatic N) is 1. The molecule has 0 spiro atoms. The van der Waals surface area contributed by atoms with Gasteiger partial charge in [0.05, 0.1) is 5.56 Å². The molecule has 0 aliphatic carbocycles. The van der Waals surface area contributed by atoms with Crippen molar-refractivity contribution in [1.82, 2.24) is 9.88 Å². The zero-order valence-corrected chi connectivity index (χ0v) is 14.2. The number of hydrogen-bond acceptors (Lipinski definition) is 2. The molecule has 1 aromatic carbocycles. The van der Waals surface area contributed by atoms with Gasteiger partial charge in [-0.25, -0.2) is 0 Å². The van der Waals surface area contributed by atoms with Crippen molar-refractivity contribution in [3.63, 3.8) is 0 Å². The predicted molar refractivity (Wildman–Crippen MR) is 92.8 cm³/mol. The summed E-state index contributed by atoms with van der Waals surface area (Å²) in [6, 6.07) is 12.0. The zero-order valence-electron chi connectivity index (χ0n) is 14.2. The number of carbonyl (C=O) groups is 1. The molecule has 0 radical (unpaired) electrons. The lowest BCUT2D eigenvalue weighted by Gasteiger charge is -2.17. The quantitative estimate of drug-likeness (QED) is 0.825. The third kappa shape index (κ3) is 4.02. The van der Waals surface area contributed by atoms with Crippen LogP contribution in [-0.2, 0) is 6.54 Å². The van der Waals surface area contributed by atoms with E-state index in [0.29, 0.717) is 13.0 Å². The highest BCUT2D eigenvalue weighted by Crippen LogP contribution is 2.19. The molecule has 0 bridgehead atoms. The molecule has 4 nitrogen and oxygen atoms in total. The molecular weight excluding hydrogens is 288 g/mol. The molecule has 1 unspecified atom stereocenters. The molecule has 1 amide bonds. The van der Waals surface area contributed by atoms with Gasteiger partial charge in [-0.1, -0.05) is 30.3 Å². The van der Waals surface area contributed by atoms with E-state index in [1.807, 2.05) is 50.2 Å². The molecule has 0 fully saturated rings. The highest BCUT2D eigenvalue weighted by Gasteiger charge is 2.17. The second-order valence-electron chi connectivity index (χ2n) is 5.86. The minimum Gasteiger partial charge on any atom is -0.396 e. The zero-order chi connectivity index (χ0) is 16.8. The first-order valence-corrected chi connectivity index (χ1v) is 8.19. The molecule has 23 heavy (non-hydrogen) atoms. The number of nitrogens with one attached hydrogen (secondary N) is 1. The van der Waals surface area contributed by atoms with Crippen molar-refractivity contribution >= 4 is 5.91 Å². The minimum absolute atomic E-state index is 0.0447. The summed E-state index contributed by atoms with van der Waals surface area (Å²) in [6.07, 6.45) is 0.637. The topological polar surface area (TPSA) is 54.3 Å². The monoisotopic (exact) mass is 314 g/mol. The van der Waals surface area contributed by atoms with Crippen LogP contribution in [0, 0.1) is 13.8 Å². The molecule has 2 N–H and O–H groups in total. The molecular formula is C19H26N2O2. The van der Waals surface area contributed by atoms with Crippen LogP contribution in [0.1, 0.15) is 46.6 Å². The number of amides is 1. The van der Waals surface area contributed by atoms with Gasteiger partial charge in [0.15, 0.2) is 0 Å². The Labute approximate surface area is 138 Å². The van der Waals surface area contributed by atoms with Crippen LogP contribution in [-0.4, -0.2) is 28.7 Å². The van der Waals surface area contributed by atoms with E-state index in [9.17, 15) is 9.90 Å². The highest BCUT2D eigenvalue weighted by atomic mass is 16.3. The molecule has 1 aromatic heterocycles. The summed E-state index contributed by atoms with van der Waals surface area (Å²) >= 11 is 0. The largest absolute Gasteiger partial charge is 0.396 e. The first-order valence-electron chi connectivity index (χ1n) is 8.19. The Morgan fingerprint density at radius 3 is 2.52 bits per heavy atom. The SMILES string of the molecule is CCn1c(C)cc(C(=O)NCC(CCO)c2ccccc2)c1C. The maximum Gasteiger partial charge on any atom is 0.253 e. The third-order valence-corrected chi connectivity index (χ3v) is 4.39. The van der Waals surface area contributed by atoms with Crippen molar-refractivity contribution in [2.24, 2.45) is 0 Å². The fourth-order valence-corrected chi connectivity index (χ4v) is 3.10. The molecule has 2 rings (SSSR count). The van der Waals surface area contributed by atoms with Gasteiger partial charge in [0, 0.05) is 37.0 Å². The van der Waals surface area contributed by atoms with E-state index in [4.69, 9.17) is 0 Å². The average Bonchev–Trinajstić information content (AvgIpc) is 2.86. The van der Waals surface area contributed by atoms with Crippen LogP contribution in [0.2, 0.25) is 0 Å². The lowest BCUT2D eigenvalue weighted by atomic mass is 9.96. The van der Waals surface area contributed by atoms with Gasteiger partial charge in [0.2, 0.25) is 0 Å². The molecule has 4 heteroatoms. The summed E-state index contributed by atoms with van der Waals surface area (Å²) in [5, 5.41) is 12.3. The van der Waals surface area contributed by atoms with E-state index in [1.54, 1.807) is 0 Å². The fraction of sp³-hybridized carbons (Fsp3) is 0.421. The van der Waals surface area contributed by atoms with Gasteiger partial charge in [0.1, 0.15) is 0 Å². The average molecular weight is 314 g/mol. The van der Waals surface area contributed by atoms with Crippen LogP contribution >= 0.6 is 0 Å². The summed E-state index contributed by atoms with van der Waals surface area (Å²) in [5.74, 6) is 0.0801. The first-order chi connectivity index (χ1) is 11.1. The third-order valence-electron chi connectivity index (χ3n) is 4.39. The number of hydrogen-bond donors (Lipinski definition) is 2. The lowest BCUT2D eigenvalue weighted by molar-refractivity contribution is 0.0948. The normalized spacial score (nSPS) is 12.2. The number of aliphatic hydroxyl groups is 1. The van der Waals surface area contributed by atoms with Crippen molar-refractivity contribution < 1.29 is 9.90 Å². The summed E-state index contributed by atoms with van der Waals surface area (Å²) in [6.45, 7) is 7.58. The number of carbonyl (C=O) groups excluding carboxylic acids is 1. The van der Waals surface area contributed by atoms with Crippen molar-refractivity contribution in [2.45, 2.75) is 39.7 Å². The molecule has 1 heterocycles. The summed E-state index contributed by atoms with van der Waals surface area (Å²) in [7, 11) is 0. The number of benzene rings is 1. The van der Waals surface area contributed by atoms with E-state index in [1.165, 1.54) is 0 Å². The Bertz CT molecular complexity index is 647. The van der Waals surface area contributed by atoms with E-state index in [0.717, 1.165) is 29.1 Å². The van der Waals surface area contributed by atoms with Gasteiger partial charge in [-0.3, -0.25) is 4.79 Å². The Morgan fingerprint density at radius 2 is 1.96 bits per heavy atom. The number of aliphatic hydroxyl groups excluding tert-OH is 1. The number of rotatable bonds is 7. The second-order valence-corrected chi connectivity index (χ2v) is 5.86. The molecule has 0 saturated carbocycles. The van der Waals surface area contributed by atoms with Gasteiger partial charge in [-0.15, -0.1) is 0 Å². The van der Waals surface area contributed by atoms with Gasteiger partial charge < -0.3 is 15.0 Å². The summed E-state index contributed by atoms with van der Waals surface area (Å²) in [5.41, 5.74) is 3.98. The summed E-state index contributed by atoms with van der Waals surface area (Å²) in [4.78, 5) is 12.5. The minimum atomic E-state index is -0.0447. The van der Waals surface area contributed by atoms with Crippen LogP contribution in [0.3, 0.4) is 0 Å². The van der Waals surface area contributed by atoms with Gasteiger partial charge in [0.25, 0.3) is 5.91 Å². The molecule has 2 aromatic rings. The van der Waals surface area contributed by atoms with E-state index < -0.39 is 0 Å². The van der Waals surface area contributed by atoms with Crippen molar-refractivity contribution in [1.29, 1.82) is 0 Å². The second kappa shape index (κ2) is 7.97. The predicted octanol–water partition coefficient (Wildman–Crippen LogP) is 3.02. The van der Waals surface area contributed by atoms with Gasteiger partial charge >= 0.3 is 0 Å². The summed E-state index contributed by atoms with van der Waals surface area (Å²) < 4.78 is 2.14. The van der Waals surface area contributed by atoms with Gasteiger partial charge in [-0.2, -0.15) is 0 Å². The molecule has 124 valence electrons. The van der Waals surface area contributed by atoms with Crippen LogP contribution in [0.15, 0.2) is 36.4 Å². The van der Waals surface area contributed by atoms with Crippen LogP contribution < -0.4 is 5.32 Å². The molecule has 1 atom stereocenters. The van der Waals surface area contributed by atoms with Crippen LogP contribution in [0.4, 0.5) is 0 Å². The highest BCUT2D eigenvalue weighted by molar-refractivity contribution is 5.95. The van der Waals surface area contributed by atoms with Crippen molar-refractivity contribution in [3.05, 3.63) is 58.9 Å². The van der Waals surface area contributed by atoms with E-state index >= 15 is 0 Å². The molecule has 0 aliphatic rings. The van der Waals surface area contributed by atoms with Gasteiger partial charge in [-0.05, 0) is 38.8 Å².